The smallest absolute Gasteiger partial charge is 0.268 e. The summed E-state index contributed by atoms with van der Waals surface area (Å²) in [6.07, 6.45) is 3.57. The van der Waals surface area contributed by atoms with Crippen LogP contribution in [-0.2, 0) is 13.6 Å². The molecule has 0 aromatic carbocycles. The van der Waals surface area contributed by atoms with Gasteiger partial charge in [0.25, 0.3) is 5.56 Å². The number of pyridine rings is 1. The molecule has 0 saturated heterocycles. The highest BCUT2D eigenvalue weighted by Crippen LogP contribution is 2.03. The second-order valence-corrected chi connectivity index (χ2v) is 3.91. The highest BCUT2D eigenvalue weighted by molar-refractivity contribution is 5.28. The molecule has 86 valence electrons. The highest BCUT2D eigenvalue weighted by atomic mass is 16.1. The maximum atomic E-state index is 11.9. The van der Waals surface area contributed by atoms with Crippen LogP contribution in [0.4, 0.5) is 0 Å². The van der Waals surface area contributed by atoms with E-state index in [1.165, 1.54) is 0 Å². The van der Waals surface area contributed by atoms with Gasteiger partial charge in [-0.1, -0.05) is 0 Å². The minimum Gasteiger partial charge on any atom is -0.307 e. The van der Waals surface area contributed by atoms with E-state index in [1.807, 2.05) is 26.2 Å². The van der Waals surface area contributed by atoms with Gasteiger partial charge in [0.05, 0.1) is 12.7 Å². The Morgan fingerprint density at radius 1 is 1.47 bits per heavy atom. The molecule has 5 heteroatoms. The number of aromatic nitrogens is 3. The minimum absolute atomic E-state index is 0.166. The topological polar surface area (TPSA) is 63.6 Å². The van der Waals surface area contributed by atoms with E-state index < -0.39 is 0 Å². The number of nitrogens with zero attached hydrogens (tertiary/aromatic N) is 4. The lowest BCUT2D eigenvalue weighted by molar-refractivity contribution is 0.724. The van der Waals surface area contributed by atoms with E-state index in [9.17, 15) is 4.79 Å². The molecule has 0 atom stereocenters. The van der Waals surface area contributed by atoms with E-state index in [0.29, 0.717) is 6.54 Å². The van der Waals surface area contributed by atoms with Gasteiger partial charge in [0.2, 0.25) is 0 Å². The van der Waals surface area contributed by atoms with Gasteiger partial charge in [-0.25, -0.2) is 0 Å². The van der Waals surface area contributed by atoms with Gasteiger partial charge >= 0.3 is 0 Å². The highest BCUT2D eigenvalue weighted by Gasteiger charge is 2.07. The zero-order valence-corrected chi connectivity index (χ0v) is 9.71. The summed E-state index contributed by atoms with van der Waals surface area (Å²) < 4.78 is 3.26. The fourth-order valence-electron chi connectivity index (χ4n) is 1.69. The predicted molar refractivity (Wildman–Crippen MR) is 62.5 cm³/mol. The molecule has 0 aliphatic rings. The monoisotopic (exact) mass is 228 g/mol. The van der Waals surface area contributed by atoms with Crippen molar-refractivity contribution >= 4 is 0 Å². The Morgan fingerprint density at radius 3 is 2.82 bits per heavy atom. The van der Waals surface area contributed by atoms with Gasteiger partial charge < -0.3 is 4.57 Å². The van der Waals surface area contributed by atoms with Gasteiger partial charge in [-0.15, -0.1) is 0 Å². The summed E-state index contributed by atoms with van der Waals surface area (Å²) in [7, 11) is 1.82. The summed E-state index contributed by atoms with van der Waals surface area (Å²) in [6, 6.07) is 5.23. The lowest BCUT2D eigenvalue weighted by atomic mass is 10.2. The summed E-state index contributed by atoms with van der Waals surface area (Å²) in [4.78, 5) is 11.9. The van der Waals surface area contributed by atoms with Crippen LogP contribution in [0.2, 0.25) is 0 Å². The molecule has 5 nitrogen and oxygen atoms in total. The first-order valence-corrected chi connectivity index (χ1v) is 5.20. The molecule has 2 heterocycles. The van der Waals surface area contributed by atoms with Crippen molar-refractivity contribution in [1.82, 2.24) is 14.3 Å². The Labute approximate surface area is 98.5 Å². The molecule has 0 spiro atoms. The van der Waals surface area contributed by atoms with Crippen LogP contribution in [0.3, 0.4) is 0 Å². The second kappa shape index (κ2) is 4.26. The van der Waals surface area contributed by atoms with Crippen molar-refractivity contribution < 1.29 is 0 Å². The summed E-state index contributed by atoms with van der Waals surface area (Å²) in [6.45, 7) is 2.28. The molecule has 0 bridgehead atoms. The average molecular weight is 228 g/mol. The third kappa shape index (κ3) is 2.11. The van der Waals surface area contributed by atoms with Gasteiger partial charge in [0.1, 0.15) is 11.6 Å². The molecule has 2 aromatic heterocycles. The molecule has 0 radical (unpaired) electrons. The molecular formula is C12H12N4O. The summed E-state index contributed by atoms with van der Waals surface area (Å²) in [5.74, 6) is 0. The summed E-state index contributed by atoms with van der Waals surface area (Å²) in [5, 5.41) is 12.9. The van der Waals surface area contributed by atoms with Crippen LogP contribution in [-0.4, -0.2) is 14.3 Å². The Kier molecular flexibility index (Phi) is 2.79. The van der Waals surface area contributed by atoms with Crippen molar-refractivity contribution in [1.29, 1.82) is 5.26 Å². The zero-order valence-electron chi connectivity index (χ0n) is 9.71. The van der Waals surface area contributed by atoms with Crippen LogP contribution in [0.25, 0.3) is 0 Å². The number of rotatable bonds is 2. The predicted octanol–water partition coefficient (Wildman–Crippen LogP) is 0.810. The summed E-state index contributed by atoms with van der Waals surface area (Å²) >= 11 is 0. The van der Waals surface area contributed by atoms with Gasteiger partial charge in [-0.2, -0.15) is 10.4 Å². The van der Waals surface area contributed by atoms with E-state index in [0.717, 1.165) is 11.3 Å². The second-order valence-electron chi connectivity index (χ2n) is 3.91. The third-order valence-corrected chi connectivity index (χ3v) is 2.61. The average Bonchev–Trinajstić information content (AvgIpc) is 2.70. The van der Waals surface area contributed by atoms with Crippen LogP contribution >= 0.6 is 0 Å². The Morgan fingerprint density at radius 2 is 2.24 bits per heavy atom. The molecule has 0 saturated carbocycles. The number of hydrogen-bond acceptors (Lipinski definition) is 3. The van der Waals surface area contributed by atoms with Gasteiger partial charge in [-0.3, -0.25) is 9.48 Å². The van der Waals surface area contributed by atoms with Crippen molar-refractivity contribution in [3.8, 4) is 6.07 Å². The van der Waals surface area contributed by atoms with E-state index >= 15 is 0 Å². The van der Waals surface area contributed by atoms with Crippen LogP contribution < -0.4 is 5.56 Å². The quantitative estimate of drug-likeness (QED) is 0.764. The molecule has 0 fully saturated rings. The fraction of sp³-hybridized carbons (Fsp3) is 0.250. The van der Waals surface area contributed by atoms with E-state index in [1.54, 1.807) is 27.6 Å². The number of hydrogen-bond donors (Lipinski definition) is 0. The standard InChI is InChI=1S/C12H12N4O/c1-9-3-4-11(5-13)12(17)16(9)8-10-6-14-15(2)7-10/h3-4,6-7H,8H2,1-2H3. The molecule has 2 rings (SSSR count). The molecule has 0 N–H and O–H groups in total. The molecular weight excluding hydrogens is 216 g/mol. The normalized spacial score (nSPS) is 10.2. The van der Waals surface area contributed by atoms with Gasteiger partial charge in [0, 0.05) is 24.5 Å². The van der Waals surface area contributed by atoms with E-state index in [2.05, 4.69) is 5.10 Å². The van der Waals surface area contributed by atoms with E-state index in [-0.39, 0.29) is 11.1 Å². The maximum Gasteiger partial charge on any atom is 0.268 e. The SMILES string of the molecule is Cc1ccc(C#N)c(=O)n1Cc1cnn(C)c1. The van der Waals surface area contributed by atoms with Crippen LogP contribution in [0, 0.1) is 18.3 Å². The lowest BCUT2D eigenvalue weighted by Crippen LogP contribution is -2.24. The van der Waals surface area contributed by atoms with Crippen molar-refractivity contribution in [2.75, 3.05) is 0 Å². The molecule has 17 heavy (non-hydrogen) atoms. The molecule has 0 aliphatic carbocycles. The molecule has 0 aliphatic heterocycles. The minimum atomic E-state index is -0.253. The van der Waals surface area contributed by atoms with Crippen molar-refractivity contribution in [2.24, 2.45) is 7.05 Å². The first-order chi connectivity index (χ1) is 8.11. The first kappa shape index (κ1) is 11.1. The van der Waals surface area contributed by atoms with E-state index in [4.69, 9.17) is 5.26 Å². The van der Waals surface area contributed by atoms with Crippen molar-refractivity contribution in [2.45, 2.75) is 13.5 Å². The van der Waals surface area contributed by atoms with Crippen molar-refractivity contribution in [3.05, 3.63) is 51.7 Å². The zero-order chi connectivity index (χ0) is 12.4. The maximum absolute atomic E-state index is 11.9. The Balaban J connectivity index is 2.46. The van der Waals surface area contributed by atoms with Crippen LogP contribution in [0.15, 0.2) is 29.3 Å². The largest absolute Gasteiger partial charge is 0.307 e. The lowest BCUT2D eigenvalue weighted by Gasteiger charge is -2.08. The van der Waals surface area contributed by atoms with Gasteiger partial charge in [-0.05, 0) is 19.1 Å². The van der Waals surface area contributed by atoms with Crippen LogP contribution in [0.5, 0.6) is 0 Å². The Bertz CT molecular complexity index is 645. The molecule has 2 aromatic rings. The number of nitriles is 1. The molecule has 0 amide bonds. The Hall–Kier alpha value is -2.35. The van der Waals surface area contributed by atoms with Gasteiger partial charge in [0.15, 0.2) is 0 Å². The van der Waals surface area contributed by atoms with Crippen molar-refractivity contribution in [3.63, 3.8) is 0 Å². The first-order valence-electron chi connectivity index (χ1n) is 5.20. The third-order valence-electron chi connectivity index (χ3n) is 2.61. The summed E-state index contributed by atoms with van der Waals surface area (Å²) in [5.41, 5.74) is 1.68. The number of aryl methyl sites for hydroxylation is 2. The van der Waals surface area contributed by atoms with Crippen LogP contribution in [0.1, 0.15) is 16.8 Å². The fourth-order valence-corrected chi connectivity index (χ4v) is 1.69. The molecule has 0 unspecified atom stereocenters.